The average molecular weight is 315 g/mol. The largest absolute Gasteiger partial charge is 0.383 e. The van der Waals surface area contributed by atoms with Gasteiger partial charge in [-0.15, -0.1) is 0 Å². The maximum atomic E-state index is 12.6. The van der Waals surface area contributed by atoms with Crippen LogP contribution in [0.3, 0.4) is 0 Å². The van der Waals surface area contributed by atoms with E-state index in [9.17, 15) is 4.79 Å². The van der Waals surface area contributed by atoms with Crippen LogP contribution in [0.5, 0.6) is 0 Å². The Morgan fingerprint density at radius 3 is 2.96 bits per heavy atom. The van der Waals surface area contributed by atoms with Gasteiger partial charge in [-0.1, -0.05) is 12.1 Å². The Bertz CT molecular complexity index is 721. The second-order valence-electron chi connectivity index (χ2n) is 5.77. The van der Waals surface area contributed by atoms with E-state index in [0.717, 1.165) is 10.9 Å². The molecule has 122 valence electrons. The highest BCUT2D eigenvalue weighted by molar-refractivity contribution is 5.88. The number of aromatic nitrogens is 2. The molecule has 0 aliphatic carbocycles. The number of rotatable bonds is 4. The number of para-hydroxylation sites is 1. The lowest BCUT2D eigenvalue weighted by molar-refractivity contribution is -0.140. The van der Waals surface area contributed by atoms with Gasteiger partial charge < -0.3 is 20.7 Å². The molecule has 2 heterocycles. The summed E-state index contributed by atoms with van der Waals surface area (Å²) in [7, 11) is 1.59. The number of hydrogen-bond acceptors (Lipinski definition) is 6. The lowest BCUT2D eigenvalue weighted by atomic mass is 10.1. The van der Waals surface area contributed by atoms with E-state index in [4.69, 9.17) is 10.5 Å². The molecule has 7 heteroatoms. The van der Waals surface area contributed by atoms with Gasteiger partial charge in [0.1, 0.15) is 11.9 Å². The van der Waals surface area contributed by atoms with Crippen molar-refractivity contribution in [1.82, 2.24) is 20.2 Å². The van der Waals surface area contributed by atoms with Gasteiger partial charge in [0.05, 0.1) is 18.7 Å². The lowest BCUT2D eigenvalue weighted by Gasteiger charge is -2.37. The molecule has 0 saturated carbocycles. The van der Waals surface area contributed by atoms with Crippen molar-refractivity contribution in [1.29, 1.82) is 0 Å². The van der Waals surface area contributed by atoms with Crippen LogP contribution in [-0.2, 0) is 16.1 Å². The zero-order chi connectivity index (χ0) is 16.4. The normalized spacial score (nSPS) is 21.8. The maximum absolute atomic E-state index is 12.6. The van der Waals surface area contributed by atoms with Crippen molar-refractivity contribution in [2.75, 3.05) is 26.0 Å². The highest BCUT2D eigenvalue weighted by atomic mass is 16.5. The van der Waals surface area contributed by atoms with E-state index in [1.54, 1.807) is 12.0 Å². The van der Waals surface area contributed by atoms with Gasteiger partial charge in [-0.05, 0) is 19.1 Å². The van der Waals surface area contributed by atoms with Gasteiger partial charge in [-0.3, -0.25) is 4.79 Å². The second-order valence-corrected chi connectivity index (χ2v) is 5.77. The topological polar surface area (TPSA) is 93.4 Å². The van der Waals surface area contributed by atoms with Crippen molar-refractivity contribution in [3.05, 3.63) is 30.1 Å². The number of carbonyl (C=O) groups excluding carboxylic acids is 1. The van der Waals surface area contributed by atoms with Gasteiger partial charge >= 0.3 is 0 Å². The lowest BCUT2D eigenvalue weighted by Crippen LogP contribution is -2.60. The minimum absolute atomic E-state index is 0.000861. The smallest absolute Gasteiger partial charge is 0.242 e. The zero-order valence-corrected chi connectivity index (χ0v) is 13.3. The molecule has 3 rings (SSSR count). The molecule has 2 unspecified atom stereocenters. The fourth-order valence-electron chi connectivity index (χ4n) is 2.83. The minimum Gasteiger partial charge on any atom is -0.383 e. The Morgan fingerprint density at radius 1 is 1.39 bits per heavy atom. The molecule has 7 nitrogen and oxygen atoms in total. The Hall–Kier alpha value is -2.25. The number of benzene rings is 1. The summed E-state index contributed by atoms with van der Waals surface area (Å²) >= 11 is 0. The third-order valence-electron chi connectivity index (χ3n) is 4.10. The molecule has 1 fully saturated rings. The van der Waals surface area contributed by atoms with E-state index in [-0.39, 0.29) is 18.0 Å². The zero-order valence-electron chi connectivity index (χ0n) is 13.3. The van der Waals surface area contributed by atoms with Crippen molar-refractivity contribution < 1.29 is 9.53 Å². The molecule has 3 N–H and O–H groups in total. The predicted octanol–water partition coefficient (Wildman–Crippen LogP) is 0.547. The number of methoxy groups -OCH3 is 1. The van der Waals surface area contributed by atoms with E-state index in [2.05, 4.69) is 15.3 Å². The SMILES string of the molecule is COCC1NCC(C)N(Cc2nc(N)c3ccccc3n2)C1=O. The van der Waals surface area contributed by atoms with Crippen molar-refractivity contribution >= 4 is 22.6 Å². The summed E-state index contributed by atoms with van der Waals surface area (Å²) in [5.74, 6) is 0.995. The van der Waals surface area contributed by atoms with Gasteiger partial charge in [-0.2, -0.15) is 0 Å². The maximum Gasteiger partial charge on any atom is 0.242 e. The summed E-state index contributed by atoms with van der Waals surface area (Å²) in [5.41, 5.74) is 6.81. The van der Waals surface area contributed by atoms with Gasteiger partial charge in [-0.25, -0.2) is 9.97 Å². The quantitative estimate of drug-likeness (QED) is 0.856. The number of nitrogen functional groups attached to an aromatic ring is 1. The van der Waals surface area contributed by atoms with E-state index in [1.807, 2.05) is 31.2 Å². The van der Waals surface area contributed by atoms with Crippen molar-refractivity contribution in [3.63, 3.8) is 0 Å². The van der Waals surface area contributed by atoms with E-state index in [0.29, 0.717) is 31.3 Å². The highest BCUT2D eigenvalue weighted by Crippen LogP contribution is 2.19. The van der Waals surface area contributed by atoms with Crippen LogP contribution in [0.2, 0.25) is 0 Å². The number of ether oxygens (including phenoxy) is 1. The van der Waals surface area contributed by atoms with Crippen molar-refractivity contribution in [2.45, 2.75) is 25.6 Å². The summed E-state index contributed by atoms with van der Waals surface area (Å²) in [6.45, 7) is 3.40. The summed E-state index contributed by atoms with van der Waals surface area (Å²) in [5, 5.41) is 4.02. The average Bonchev–Trinajstić information content (AvgIpc) is 2.54. The van der Waals surface area contributed by atoms with E-state index < -0.39 is 0 Å². The number of fused-ring (bicyclic) bond motifs is 1. The van der Waals surface area contributed by atoms with Crippen LogP contribution in [0.4, 0.5) is 5.82 Å². The molecule has 1 aliphatic rings. The molecule has 2 aromatic rings. The first-order valence-corrected chi connectivity index (χ1v) is 7.64. The Kier molecular flexibility index (Phi) is 4.40. The van der Waals surface area contributed by atoms with Crippen LogP contribution in [0.1, 0.15) is 12.7 Å². The molecule has 0 spiro atoms. The van der Waals surface area contributed by atoms with Crippen LogP contribution in [0.25, 0.3) is 10.9 Å². The van der Waals surface area contributed by atoms with Crippen molar-refractivity contribution in [2.24, 2.45) is 0 Å². The third-order valence-corrected chi connectivity index (χ3v) is 4.10. The Morgan fingerprint density at radius 2 is 2.17 bits per heavy atom. The number of nitrogens with zero attached hydrogens (tertiary/aromatic N) is 3. The molecular formula is C16H21N5O2. The van der Waals surface area contributed by atoms with E-state index >= 15 is 0 Å². The number of hydrogen-bond donors (Lipinski definition) is 2. The van der Waals surface area contributed by atoms with Crippen LogP contribution in [0, 0.1) is 0 Å². The number of carbonyl (C=O) groups is 1. The molecule has 0 radical (unpaired) electrons. The molecular weight excluding hydrogens is 294 g/mol. The first-order chi connectivity index (χ1) is 11.1. The molecule has 1 aliphatic heterocycles. The molecule has 1 aromatic carbocycles. The standard InChI is InChI=1S/C16H21N5O2/c1-10-7-18-13(9-23-2)16(22)21(10)8-14-19-12-6-4-3-5-11(12)15(17)20-14/h3-6,10,13,18H,7-9H2,1-2H3,(H2,17,19,20). The fraction of sp³-hybridized carbons (Fsp3) is 0.438. The summed E-state index contributed by atoms with van der Waals surface area (Å²) in [6, 6.07) is 7.33. The minimum atomic E-state index is -0.325. The van der Waals surface area contributed by atoms with Crippen LogP contribution < -0.4 is 11.1 Å². The third kappa shape index (κ3) is 3.11. The first kappa shape index (κ1) is 15.6. The predicted molar refractivity (Wildman–Crippen MR) is 87.6 cm³/mol. The Balaban J connectivity index is 1.86. The number of amides is 1. The van der Waals surface area contributed by atoms with Crippen LogP contribution in [0.15, 0.2) is 24.3 Å². The second kappa shape index (κ2) is 6.47. The molecule has 0 bridgehead atoms. The van der Waals surface area contributed by atoms with Gasteiger partial charge in [0.2, 0.25) is 5.91 Å². The van der Waals surface area contributed by atoms with Gasteiger partial charge in [0.25, 0.3) is 0 Å². The van der Waals surface area contributed by atoms with E-state index in [1.165, 1.54) is 0 Å². The summed E-state index contributed by atoms with van der Waals surface area (Å²) in [4.78, 5) is 23.2. The van der Waals surface area contributed by atoms with Crippen LogP contribution in [-0.4, -0.2) is 53.1 Å². The number of piperazine rings is 1. The molecule has 1 aromatic heterocycles. The van der Waals surface area contributed by atoms with Crippen LogP contribution >= 0.6 is 0 Å². The number of nitrogens with one attached hydrogen (secondary N) is 1. The molecule has 23 heavy (non-hydrogen) atoms. The fourth-order valence-corrected chi connectivity index (χ4v) is 2.83. The summed E-state index contributed by atoms with van der Waals surface area (Å²) < 4.78 is 5.10. The number of nitrogens with two attached hydrogens (primary N) is 1. The van der Waals surface area contributed by atoms with Crippen molar-refractivity contribution in [3.8, 4) is 0 Å². The van der Waals surface area contributed by atoms with Gasteiger partial charge in [0.15, 0.2) is 5.82 Å². The molecule has 1 amide bonds. The van der Waals surface area contributed by atoms with Gasteiger partial charge in [0, 0.05) is 25.1 Å². The number of anilines is 1. The first-order valence-electron chi connectivity index (χ1n) is 7.64. The Labute approximate surface area is 134 Å². The monoisotopic (exact) mass is 315 g/mol. The highest BCUT2D eigenvalue weighted by Gasteiger charge is 2.33. The molecule has 1 saturated heterocycles. The molecule has 2 atom stereocenters. The summed E-state index contributed by atoms with van der Waals surface area (Å²) in [6.07, 6.45) is 0.